The molecule has 0 heterocycles. The molecule has 21 heavy (non-hydrogen) atoms. The summed E-state index contributed by atoms with van der Waals surface area (Å²) in [7, 11) is -1.49. The third-order valence-corrected chi connectivity index (χ3v) is 9.80. The van der Waals surface area contributed by atoms with Crippen LogP contribution in [-0.4, -0.2) is 14.3 Å². The Labute approximate surface area is 133 Å². The van der Waals surface area contributed by atoms with E-state index >= 15 is 0 Å². The van der Waals surface area contributed by atoms with Crippen molar-refractivity contribution in [2.24, 2.45) is 5.92 Å². The molecule has 0 aromatic rings. The molecule has 0 radical (unpaired) electrons. The van der Waals surface area contributed by atoms with Crippen molar-refractivity contribution in [3.63, 3.8) is 0 Å². The zero-order valence-electron chi connectivity index (χ0n) is 15.3. The lowest BCUT2D eigenvalue weighted by atomic mass is 9.85. The highest BCUT2D eigenvalue weighted by Gasteiger charge is 2.40. The van der Waals surface area contributed by atoms with Gasteiger partial charge >= 0.3 is 0 Å². The molecule has 2 heteroatoms. The van der Waals surface area contributed by atoms with E-state index in [9.17, 15) is 0 Å². The van der Waals surface area contributed by atoms with Crippen LogP contribution >= 0.6 is 0 Å². The molecule has 1 saturated carbocycles. The summed E-state index contributed by atoms with van der Waals surface area (Å²) >= 11 is 0. The van der Waals surface area contributed by atoms with Crippen molar-refractivity contribution >= 4 is 8.24 Å². The third-order valence-electron chi connectivity index (χ3n) is 6.29. The van der Waals surface area contributed by atoms with E-state index < -0.39 is 8.24 Å². The minimum atomic E-state index is -1.49. The molecule has 2 rings (SSSR count). The monoisotopic (exact) mass is 305 g/mol. The highest BCUT2D eigenvalue weighted by molar-refractivity contribution is 6.78. The van der Waals surface area contributed by atoms with Crippen LogP contribution in [0.4, 0.5) is 0 Å². The van der Waals surface area contributed by atoms with Crippen molar-refractivity contribution in [1.82, 2.24) is 4.98 Å². The second-order valence-electron chi connectivity index (χ2n) is 8.10. The van der Waals surface area contributed by atoms with Crippen molar-refractivity contribution in [3.05, 3.63) is 22.3 Å². The van der Waals surface area contributed by atoms with Gasteiger partial charge in [-0.25, -0.2) is 0 Å². The molecule has 1 fully saturated rings. The van der Waals surface area contributed by atoms with Gasteiger partial charge in [-0.15, -0.1) is 0 Å². The summed E-state index contributed by atoms with van der Waals surface area (Å²) in [6.45, 7) is 16.9. The summed E-state index contributed by atoms with van der Waals surface area (Å²) in [6.07, 6.45) is 7.21. The SMILES string of the molecule is CC1=C(C)C([Si](C)(C)N[C@H](C)C2CCCCC2)C(C)=C1C. The maximum Gasteiger partial charge on any atom is 0.130 e. The van der Waals surface area contributed by atoms with Crippen LogP contribution in [0.15, 0.2) is 22.3 Å². The van der Waals surface area contributed by atoms with Gasteiger partial charge in [-0.3, -0.25) is 0 Å². The van der Waals surface area contributed by atoms with E-state index in [0.717, 1.165) is 5.92 Å². The lowest BCUT2D eigenvalue weighted by molar-refractivity contribution is 0.301. The van der Waals surface area contributed by atoms with Crippen molar-refractivity contribution in [1.29, 1.82) is 0 Å². The van der Waals surface area contributed by atoms with Crippen molar-refractivity contribution in [2.75, 3.05) is 0 Å². The molecule has 2 aliphatic rings. The van der Waals surface area contributed by atoms with Gasteiger partial charge < -0.3 is 4.98 Å². The largest absolute Gasteiger partial charge is 0.334 e. The van der Waals surface area contributed by atoms with E-state index in [-0.39, 0.29) is 0 Å². The van der Waals surface area contributed by atoms with Crippen LogP contribution in [0.1, 0.15) is 66.7 Å². The molecule has 1 nitrogen and oxygen atoms in total. The average Bonchev–Trinajstić information content (AvgIpc) is 2.63. The Bertz CT molecular complexity index is 428. The zero-order valence-corrected chi connectivity index (χ0v) is 16.3. The average molecular weight is 306 g/mol. The first-order chi connectivity index (χ1) is 9.75. The maximum atomic E-state index is 4.14. The summed E-state index contributed by atoms with van der Waals surface area (Å²) in [5.41, 5.74) is 7.05. The molecule has 0 saturated heterocycles. The molecule has 0 aliphatic heterocycles. The Morgan fingerprint density at radius 2 is 1.38 bits per heavy atom. The summed E-state index contributed by atoms with van der Waals surface area (Å²) < 4.78 is 0. The van der Waals surface area contributed by atoms with E-state index in [0.29, 0.717) is 11.6 Å². The molecule has 0 aromatic heterocycles. The molecule has 0 aromatic carbocycles. The van der Waals surface area contributed by atoms with Gasteiger partial charge in [-0.05, 0) is 57.6 Å². The van der Waals surface area contributed by atoms with E-state index in [4.69, 9.17) is 0 Å². The van der Waals surface area contributed by atoms with E-state index in [1.165, 1.54) is 32.1 Å². The Morgan fingerprint density at radius 1 is 0.905 bits per heavy atom. The highest BCUT2D eigenvalue weighted by Crippen LogP contribution is 2.46. The van der Waals surface area contributed by atoms with Crippen LogP contribution in [-0.2, 0) is 0 Å². The van der Waals surface area contributed by atoms with Crippen LogP contribution in [0, 0.1) is 5.92 Å². The smallest absolute Gasteiger partial charge is 0.130 e. The number of hydrogen-bond acceptors (Lipinski definition) is 1. The Hall–Kier alpha value is -0.343. The molecule has 0 bridgehead atoms. The fraction of sp³-hybridized carbons (Fsp3) is 0.789. The lowest BCUT2D eigenvalue weighted by Gasteiger charge is -2.39. The highest BCUT2D eigenvalue weighted by atomic mass is 28.3. The predicted molar refractivity (Wildman–Crippen MR) is 97.2 cm³/mol. The number of allylic oxidation sites excluding steroid dienone is 4. The molecule has 120 valence electrons. The second kappa shape index (κ2) is 6.42. The molecule has 1 N–H and O–H groups in total. The van der Waals surface area contributed by atoms with Gasteiger partial charge in [-0.1, -0.05) is 50.4 Å². The van der Waals surface area contributed by atoms with E-state index in [1.807, 2.05) is 0 Å². The normalized spacial score (nSPS) is 24.1. The molecule has 0 spiro atoms. The first-order valence-electron chi connectivity index (χ1n) is 8.88. The summed E-state index contributed by atoms with van der Waals surface area (Å²) in [4.78, 5) is 4.14. The van der Waals surface area contributed by atoms with Gasteiger partial charge in [0.15, 0.2) is 0 Å². The third kappa shape index (κ3) is 3.37. The predicted octanol–water partition coefficient (Wildman–Crippen LogP) is 5.81. The maximum absolute atomic E-state index is 4.14. The van der Waals surface area contributed by atoms with Crippen molar-refractivity contribution in [2.45, 2.75) is 91.4 Å². The second-order valence-corrected chi connectivity index (χ2v) is 12.4. The molecule has 0 unspecified atom stereocenters. The minimum Gasteiger partial charge on any atom is -0.334 e. The Kier molecular flexibility index (Phi) is 5.20. The van der Waals surface area contributed by atoms with Gasteiger partial charge in [0.2, 0.25) is 0 Å². The first kappa shape index (κ1) is 17.0. The standard InChI is InChI=1S/C19H35NSi/c1-13-14(2)16(4)19(15(13)3)21(6,7)20-17(5)18-11-9-8-10-12-18/h17-20H,8-12H2,1-7H3/t17-/m1/s1. The fourth-order valence-electron chi connectivity index (χ4n) is 4.85. The van der Waals surface area contributed by atoms with E-state index in [2.05, 4.69) is 52.7 Å². The van der Waals surface area contributed by atoms with E-state index in [1.54, 1.807) is 22.3 Å². The minimum absolute atomic E-state index is 0.689. The molecule has 1 atom stereocenters. The van der Waals surface area contributed by atoms with Crippen LogP contribution < -0.4 is 4.98 Å². The quantitative estimate of drug-likeness (QED) is 0.647. The summed E-state index contributed by atoms with van der Waals surface area (Å²) in [5, 5.41) is 0. The molecule has 0 amide bonds. The van der Waals surface area contributed by atoms with Gasteiger partial charge in [-0.2, -0.15) is 0 Å². The van der Waals surface area contributed by atoms with Crippen molar-refractivity contribution < 1.29 is 0 Å². The Balaban J connectivity index is 2.11. The number of rotatable bonds is 4. The number of hydrogen-bond donors (Lipinski definition) is 1. The fourth-order valence-corrected chi connectivity index (χ4v) is 9.03. The zero-order chi connectivity index (χ0) is 15.8. The first-order valence-corrected chi connectivity index (χ1v) is 12.0. The summed E-state index contributed by atoms with van der Waals surface area (Å²) in [6, 6.07) is 0.689. The van der Waals surface area contributed by atoms with Gasteiger partial charge in [0, 0.05) is 11.6 Å². The molecule has 2 aliphatic carbocycles. The van der Waals surface area contributed by atoms with Gasteiger partial charge in [0.1, 0.15) is 8.24 Å². The number of nitrogens with one attached hydrogen (secondary N) is 1. The molecular weight excluding hydrogens is 270 g/mol. The van der Waals surface area contributed by atoms with Gasteiger partial charge in [0.05, 0.1) is 0 Å². The molecular formula is C19H35NSi. The topological polar surface area (TPSA) is 12.0 Å². The lowest BCUT2D eigenvalue weighted by Crippen LogP contribution is -2.55. The van der Waals surface area contributed by atoms with Crippen LogP contribution in [0.2, 0.25) is 18.6 Å². The van der Waals surface area contributed by atoms with Crippen LogP contribution in [0.5, 0.6) is 0 Å². The van der Waals surface area contributed by atoms with Crippen molar-refractivity contribution in [3.8, 4) is 0 Å². The summed E-state index contributed by atoms with van der Waals surface area (Å²) in [5.74, 6) is 0.905. The van der Waals surface area contributed by atoms with Crippen LogP contribution in [0.3, 0.4) is 0 Å². The van der Waals surface area contributed by atoms with Gasteiger partial charge in [0.25, 0.3) is 0 Å². The Morgan fingerprint density at radius 3 is 1.86 bits per heavy atom. The van der Waals surface area contributed by atoms with Crippen LogP contribution in [0.25, 0.3) is 0 Å².